The minimum Gasteiger partial charge on any atom is -0.496 e. The molecule has 0 saturated heterocycles. The largest absolute Gasteiger partial charge is 0.496 e. The van der Waals surface area contributed by atoms with Crippen molar-refractivity contribution in [3.05, 3.63) is 118 Å². The number of hydrogen-bond acceptors (Lipinski definition) is 6. The summed E-state index contributed by atoms with van der Waals surface area (Å²) in [5.41, 5.74) is 2.39. The Kier molecular flexibility index (Phi) is 8.00. The maximum Gasteiger partial charge on any atom is 0.126 e. The van der Waals surface area contributed by atoms with Gasteiger partial charge in [-0.25, -0.2) is 0 Å². The monoisotopic (exact) mass is 608 g/mol. The van der Waals surface area contributed by atoms with E-state index in [-0.39, 0.29) is 4.90 Å². The Hall–Kier alpha value is -2.04. The summed E-state index contributed by atoms with van der Waals surface area (Å²) >= 11 is 7.53. The van der Waals surface area contributed by atoms with E-state index in [0.717, 1.165) is 23.5 Å². The van der Waals surface area contributed by atoms with Crippen molar-refractivity contribution in [3.63, 3.8) is 0 Å². The molecule has 1 aliphatic rings. The first-order chi connectivity index (χ1) is 18.8. The molecule has 0 bridgehead atoms. The van der Waals surface area contributed by atoms with Gasteiger partial charge in [-0.15, -0.1) is 45.3 Å². The smallest absolute Gasteiger partial charge is 0.126 e. The highest BCUT2D eigenvalue weighted by molar-refractivity contribution is 7.98. The first-order valence-electron chi connectivity index (χ1n) is 12.1. The molecule has 0 radical (unpaired) electrons. The van der Waals surface area contributed by atoms with Crippen LogP contribution in [-0.2, 0) is 4.74 Å². The third-order valence-electron chi connectivity index (χ3n) is 6.56. The van der Waals surface area contributed by atoms with Gasteiger partial charge in [-0.1, -0.05) is 48.5 Å². The van der Waals surface area contributed by atoms with Gasteiger partial charge in [0.15, 0.2) is 0 Å². The van der Waals surface area contributed by atoms with Crippen molar-refractivity contribution >= 4 is 85.2 Å². The Morgan fingerprint density at radius 1 is 0.632 bits per heavy atom. The van der Waals surface area contributed by atoms with Crippen LogP contribution in [0.4, 0.5) is 0 Å². The van der Waals surface area contributed by atoms with E-state index in [9.17, 15) is 0 Å². The van der Waals surface area contributed by atoms with E-state index in [1.165, 1.54) is 24.0 Å². The Morgan fingerprint density at radius 3 is 1.55 bits per heavy atom. The summed E-state index contributed by atoms with van der Waals surface area (Å²) < 4.78 is 18.1. The summed E-state index contributed by atoms with van der Waals surface area (Å²) in [6.45, 7) is 0. The summed E-state index contributed by atoms with van der Waals surface area (Å²) in [5, 5.41) is 8.92. The summed E-state index contributed by atoms with van der Waals surface area (Å²) in [6.07, 6.45) is 5.45. The number of benzene rings is 1. The third-order valence-corrected chi connectivity index (χ3v) is 18.6. The Bertz CT molecular complexity index is 1380. The molecular formula is C30H26O2P2S4. The fourth-order valence-electron chi connectivity index (χ4n) is 5.12. The van der Waals surface area contributed by atoms with Crippen LogP contribution in [0.3, 0.4) is 0 Å². The first kappa shape index (κ1) is 26.2. The average Bonchev–Trinajstić information content (AvgIpc) is 3.78. The SMILES string of the molecule is COC1=C(c2ccccc2OC)C(P(c2cccs2)c2cccs2)(P(c2cccs2)c2cccs2)CC=C1. The zero-order chi connectivity index (χ0) is 26.0. The van der Waals surface area contributed by atoms with Crippen LogP contribution in [0, 0.1) is 0 Å². The van der Waals surface area contributed by atoms with Gasteiger partial charge in [0.1, 0.15) is 11.5 Å². The molecule has 0 N–H and O–H groups in total. The van der Waals surface area contributed by atoms with Gasteiger partial charge in [-0.3, -0.25) is 0 Å². The van der Waals surface area contributed by atoms with E-state index in [1.54, 1.807) is 7.11 Å². The van der Waals surface area contributed by atoms with Crippen molar-refractivity contribution in [1.29, 1.82) is 0 Å². The number of thiophene rings is 4. The van der Waals surface area contributed by atoms with Crippen LogP contribution in [0.25, 0.3) is 5.57 Å². The van der Waals surface area contributed by atoms with E-state index < -0.39 is 15.8 Å². The normalized spacial score (nSPS) is 14.9. The quantitative estimate of drug-likeness (QED) is 0.157. The molecule has 4 aromatic heterocycles. The molecule has 1 aliphatic carbocycles. The second-order valence-corrected chi connectivity index (χ2v) is 18.7. The van der Waals surface area contributed by atoms with E-state index in [4.69, 9.17) is 9.47 Å². The predicted molar refractivity (Wildman–Crippen MR) is 173 cm³/mol. The van der Waals surface area contributed by atoms with E-state index in [2.05, 4.69) is 106 Å². The summed E-state index contributed by atoms with van der Waals surface area (Å²) in [4.78, 5) is -0.245. The molecule has 4 heterocycles. The molecule has 5 aromatic rings. The van der Waals surface area contributed by atoms with Crippen LogP contribution < -0.4 is 23.2 Å². The van der Waals surface area contributed by atoms with Crippen LogP contribution in [0.15, 0.2) is 112 Å². The van der Waals surface area contributed by atoms with Gasteiger partial charge in [0, 0.05) is 29.6 Å². The van der Waals surface area contributed by atoms with Gasteiger partial charge in [-0.2, -0.15) is 0 Å². The molecule has 0 unspecified atom stereocenters. The number of para-hydroxylation sites is 1. The van der Waals surface area contributed by atoms with Crippen molar-refractivity contribution in [1.82, 2.24) is 0 Å². The second kappa shape index (κ2) is 11.6. The van der Waals surface area contributed by atoms with E-state index >= 15 is 0 Å². The van der Waals surface area contributed by atoms with Gasteiger partial charge in [0.2, 0.25) is 0 Å². The highest BCUT2D eigenvalue weighted by Gasteiger charge is 2.54. The summed E-state index contributed by atoms with van der Waals surface area (Å²) in [7, 11) is 1.97. The topological polar surface area (TPSA) is 18.5 Å². The van der Waals surface area contributed by atoms with Gasteiger partial charge in [-0.05, 0) is 80.2 Å². The molecule has 192 valence electrons. The standard InChI is InChI=1S/C30H26O2P2S4/c1-31-23-11-4-3-10-22(23)29-24(32-2)12-5-17-30(29,33(25-13-6-18-35-25)26-14-7-19-36-26)34(27-15-8-20-37-27)28-16-9-21-38-28/h3-16,18-21H,17H2,1-2H3. The number of hydrogen-bond donors (Lipinski definition) is 0. The molecule has 0 spiro atoms. The number of rotatable bonds is 9. The van der Waals surface area contributed by atoms with Crippen LogP contribution in [0.1, 0.15) is 12.0 Å². The molecular weight excluding hydrogens is 583 g/mol. The van der Waals surface area contributed by atoms with Crippen molar-refractivity contribution in [2.75, 3.05) is 14.2 Å². The van der Waals surface area contributed by atoms with Crippen molar-refractivity contribution in [2.45, 2.75) is 11.3 Å². The Labute approximate surface area is 242 Å². The molecule has 0 saturated carbocycles. The lowest BCUT2D eigenvalue weighted by Gasteiger charge is -2.48. The van der Waals surface area contributed by atoms with E-state index in [0.29, 0.717) is 0 Å². The lowest BCUT2D eigenvalue weighted by Crippen LogP contribution is -2.39. The van der Waals surface area contributed by atoms with Crippen LogP contribution >= 0.6 is 61.2 Å². The van der Waals surface area contributed by atoms with E-state index in [1.807, 2.05) is 52.5 Å². The van der Waals surface area contributed by atoms with Crippen LogP contribution in [0.5, 0.6) is 5.75 Å². The minimum absolute atomic E-state index is 0.245. The van der Waals surface area contributed by atoms with Gasteiger partial charge < -0.3 is 9.47 Å². The third kappa shape index (κ3) is 4.56. The highest BCUT2D eigenvalue weighted by Crippen LogP contribution is 2.74. The van der Waals surface area contributed by atoms with Gasteiger partial charge >= 0.3 is 0 Å². The molecule has 1 aromatic carbocycles. The second-order valence-electron chi connectivity index (χ2n) is 8.54. The first-order valence-corrected chi connectivity index (χ1v) is 18.3. The fourth-order valence-corrected chi connectivity index (χ4v) is 20.0. The average molecular weight is 609 g/mol. The lowest BCUT2D eigenvalue weighted by atomic mass is 9.94. The molecule has 2 nitrogen and oxygen atoms in total. The number of ether oxygens (including phenoxy) is 2. The summed E-state index contributed by atoms with van der Waals surface area (Å²) in [6, 6.07) is 26.7. The zero-order valence-corrected chi connectivity index (χ0v) is 26.0. The van der Waals surface area contributed by atoms with Crippen LogP contribution in [0.2, 0.25) is 0 Å². The molecule has 0 amide bonds. The molecule has 0 fully saturated rings. The molecule has 38 heavy (non-hydrogen) atoms. The Morgan fingerprint density at radius 2 is 1.13 bits per heavy atom. The Balaban J connectivity index is 1.77. The molecule has 0 aliphatic heterocycles. The summed E-state index contributed by atoms with van der Waals surface area (Å²) in [5.74, 6) is 1.82. The molecule has 8 heteroatoms. The van der Waals surface area contributed by atoms with Crippen molar-refractivity contribution in [3.8, 4) is 5.75 Å². The van der Waals surface area contributed by atoms with Crippen molar-refractivity contribution < 1.29 is 9.47 Å². The predicted octanol–water partition coefficient (Wildman–Crippen LogP) is 8.22. The zero-order valence-electron chi connectivity index (χ0n) is 20.9. The van der Waals surface area contributed by atoms with Gasteiger partial charge in [0.25, 0.3) is 0 Å². The van der Waals surface area contributed by atoms with Crippen LogP contribution in [-0.4, -0.2) is 19.1 Å². The molecule has 6 rings (SSSR count). The maximum atomic E-state index is 6.25. The highest BCUT2D eigenvalue weighted by atomic mass is 32.1. The molecule has 0 atom stereocenters. The fraction of sp³-hybridized carbons (Fsp3) is 0.133. The van der Waals surface area contributed by atoms with Gasteiger partial charge in [0.05, 0.1) is 19.1 Å². The minimum atomic E-state index is -0.806. The lowest BCUT2D eigenvalue weighted by molar-refractivity contribution is 0.306. The number of methoxy groups -OCH3 is 2. The maximum absolute atomic E-state index is 6.25. The number of allylic oxidation sites excluding steroid dienone is 3. The van der Waals surface area contributed by atoms with Crippen molar-refractivity contribution in [2.24, 2.45) is 0 Å².